The summed E-state index contributed by atoms with van der Waals surface area (Å²) in [6.45, 7) is 2.54. The number of hydrogen-bond donors (Lipinski definition) is 0. The van der Waals surface area contributed by atoms with E-state index in [-0.39, 0.29) is 13.2 Å². The predicted molar refractivity (Wildman–Crippen MR) is 52.1 cm³/mol. The van der Waals surface area contributed by atoms with Crippen LogP contribution in [0.4, 0.5) is 22.0 Å². The van der Waals surface area contributed by atoms with E-state index < -0.39 is 32.0 Å². The Morgan fingerprint density at radius 2 is 1.56 bits per heavy atom. The van der Waals surface area contributed by atoms with Crippen LogP contribution >= 0.6 is 7.60 Å². The normalized spacial score (nSPS) is 12.6. The van der Waals surface area contributed by atoms with Crippen LogP contribution in [0.1, 0.15) is 13.8 Å². The molecular formula is C8H12F5O4P. The summed E-state index contributed by atoms with van der Waals surface area (Å²) in [6, 6.07) is 0. The number of ether oxygens (including phenoxy) is 1. The van der Waals surface area contributed by atoms with Gasteiger partial charge >= 0.3 is 19.8 Å². The molecule has 0 heterocycles. The third-order valence-corrected chi connectivity index (χ3v) is 3.23. The van der Waals surface area contributed by atoms with E-state index in [0.717, 1.165) is 0 Å². The van der Waals surface area contributed by atoms with E-state index in [2.05, 4.69) is 13.8 Å². The Morgan fingerprint density at radius 3 is 1.89 bits per heavy atom. The standard InChI is InChI=1S/C8H12F5O4P/c1-3-16-18(14,17-4-2)5-15-8(12,13)6(9)7(10)11/h3-5H2,1-2H3. The minimum absolute atomic E-state index is 0.137. The van der Waals surface area contributed by atoms with E-state index in [9.17, 15) is 26.5 Å². The van der Waals surface area contributed by atoms with Crippen LogP contribution in [0.5, 0.6) is 0 Å². The van der Waals surface area contributed by atoms with E-state index in [1.54, 1.807) is 0 Å². The van der Waals surface area contributed by atoms with Crippen molar-refractivity contribution in [2.75, 3.05) is 19.6 Å². The molecule has 0 aliphatic carbocycles. The van der Waals surface area contributed by atoms with Crippen LogP contribution in [0.15, 0.2) is 11.9 Å². The smallest absolute Gasteiger partial charge is 0.307 e. The van der Waals surface area contributed by atoms with Gasteiger partial charge in [0.05, 0.1) is 13.2 Å². The topological polar surface area (TPSA) is 44.8 Å². The first-order chi connectivity index (χ1) is 8.18. The maximum atomic E-state index is 12.7. The van der Waals surface area contributed by atoms with Crippen molar-refractivity contribution >= 4 is 7.60 Å². The van der Waals surface area contributed by atoms with Gasteiger partial charge in [0.2, 0.25) is 0 Å². The molecule has 0 fully saturated rings. The molecule has 108 valence electrons. The lowest BCUT2D eigenvalue weighted by Gasteiger charge is -2.20. The largest absolute Gasteiger partial charge is 0.415 e. The minimum atomic E-state index is -4.89. The lowest BCUT2D eigenvalue weighted by molar-refractivity contribution is -0.213. The van der Waals surface area contributed by atoms with Gasteiger partial charge in [-0.15, -0.1) is 0 Å². The van der Waals surface area contributed by atoms with Crippen molar-refractivity contribution in [2.45, 2.75) is 20.0 Å². The van der Waals surface area contributed by atoms with Crippen molar-refractivity contribution in [2.24, 2.45) is 0 Å². The lowest BCUT2D eigenvalue weighted by atomic mass is 10.5. The summed E-state index contributed by atoms with van der Waals surface area (Å²) in [6.07, 6.45) is -9.45. The predicted octanol–water partition coefficient (Wildman–Crippen LogP) is 3.90. The Kier molecular flexibility index (Phi) is 6.98. The summed E-state index contributed by atoms with van der Waals surface area (Å²) in [5.74, 6) is -3.04. The maximum Gasteiger partial charge on any atom is 0.415 e. The van der Waals surface area contributed by atoms with Gasteiger partial charge in [-0.1, -0.05) is 0 Å². The summed E-state index contributed by atoms with van der Waals surface area (Å²) >= 11 is 0. The van der Waals surface area contributed by atoms with Crippen molar-refractivity contribution in [1.82, 2.24) is 0 Å². The van der Waals surface area contributed by atoms with E-state index in [4.69, 9.17) is 0 Å². The zero-order valence-electron chi connectivity index (χ0n) is 9.59. The lowest BCUT2D eigenvalue weighted by Crippen LogP contribution is -2.23. The van der Waals surface area contributed by atoms with Gasteiger partial charge in [0, 0.05) is 0 Å². The summed E-state index contributed by atoms with van der Waals surface area (Å²) in [4.78, 5) is 0. The second-order valence-corrected chi connectivity index (χ2v) is 4.81. The second kappa shape index (κ2) is 7.18. The van der Waals surface area contributed by atoms with Gasteiger partial charge in [-0.25, -0.2) is 0 Å². The van der Waals surface area contributed by atoms with Gasteiger partial charge < -0.3 is 13.8 Å². The molecule has 0 amide bonds. The summed E-state index contributed by atoms with van der Waals surface area (Å²) in [7, 11) is -4.02. The molecular weight excluding hydrogens is 286 g/mol. The second-order valence-electron chi connectivity index (χ2n) is 2.81. The fraction of sp³-hybridized carbons (Fsp3) is 0.750. The fourth-order valence-corrected chi connectivity index (χ4v) is 2.17. The molecule has 0 spiro atoms. The highest BCUT2D eigenvalue weighted by Gasteiger charge is 2.43. The quantitative estimate of drug-likeness (QED) is 0.503. The molecule has 18 heavy (non-hydrogen) atoms. The molecule has 0 aromatic carbocycles. The summed E-state index contributed by atoms with van der Waals surface area (Å²) in [5.41, 5.74) is 0. The highest BCUT2D eigenvalue weighted by atomic mass is 31.2. The van der Waals surface area contributed by atoms with Crippen molar-refractivity contribution in [3.63, 3.8) is 0 Å². The van der Waals surface area contributed by atoms with Crippen LogP contribution in [0.3, 0.4) is 0 Å². The Bertz CT molecular complexity index is 332. The molecule has 0 saturated heterocycles. The monoisotopic (exact) mass is 298 g/mol. The number of hydrogen-bond acceptors (Lipinski definition) is 4. The summed E-state index contributed by atoms with van der Waals surface area (Å²) in [5, 5.41) is 0. The third-order valence-electron chi connectivity index (χ3n) is 1.48. The van der Waals surface area contributed by atoms with Crippen LogP contribution in [0.2, 0.25) is 0 Å². The molecule has 0 bridgehead atoms. The molecule has 0 radical (unpaired) electrons. The van der Waals surface area contributed by atoms with Gasteiger partial charge in [0.1, 0.15) is 0 Å². The molecule has 0 N–H and O–H groups in total. The van der Waals surface area contributed by atoms with Gasteiger partial charge in [-0.3, -0.25) is 4.57 Å². The van der Waals surface area contributed by atoms with Crippen LogP contribution < -0.4 is 0 Å². The van der Waals surface area contributed by atoms with E-state index in [1.165, 1.54) is 13.8 Å². The molecule has 0 rings (SSSR count). The molecule has 0 unspecified atom stereocenters. The van der Waals surface area contributed by atoms with Crippen LogP contribution in [-0.4, -0.2) is 25.7 Å². The molecule has 0 aromatic heterocycles. The SMILES string of the molecule is CCOP(=O)(COC(F)(F)C(F)=C(F)F)OCC. The molecule has 0 aliphatic heterocycles. The Hall–Kier alpha value is -0.500. The molecule has 0 saturated carbocycles. The number of alkyl halides is 2. The Morgan fingerprint density at radius 1 is 1.11 bits per heavy atom. The van der Waals surface area contributed by atoms with Crippen molar-refractivity contribution < 1.29 is 40.3 Å². The number of rotatable bonds is 8. The fourth-order valence-electron chi connectivity index (χ4n) is 0.839. The Labute approximate surface area is 100 Å². The average Bonchev–Trinajstić information content (AvgIpc) is 2.26. The van der Waals surface area contributed by atoms with Crippen molar-refractivity contribution in [3.05, 3.63) is 11.9 Å². The van der Waals surface area contributed by atoms with Gasteiger partial charge in [0.25, 0.3) is 5.83 Å². The first-order valence-electron chi connectivity index (χ1n) is 4.79. The van der Waals surface area contributed by atoms with Gasteiger partial charge in [-0.05, 0) is 13.8 Å². The average molecular weight is 298 g/mol. The highest BCUT2D eigenvalue weighted by Crippen LogP contribution is 2.49. The molecule has 10 heteroatoms. The molecule has 0 aromatic rings. The van der Waals surface area contributed by atoms with Crippen LogP contribution in [0, 0.1) is 0 Å². The molecule has 0 atom stereocenters. The van der Waals surface area contributed by atoms with Crippen molar-refractivity contribution in [3.8, 4) is 0 Å². The molecule has 4 nitrogen and oxygen atoms in total. The van der Waals surface area contributed by atoms with Gasteiger partial charge in [0.15, 0.2) is 6.35 Å². The third kappa shape index (κ3) is 5.43. The maximum absolute atomic E-state index is 12.7. The minimum Gasteiger partial charge on any atom is -0.307 e. The number of halogens is 5. The highest BCUT2D eigenvalue weighted by molar-refractivity contribution is 7.53. The summed E-state index contributed by atoms with van der Waals surface area (Å²) < 4.78 is 85.4. The van der Waals surface area contributed by atoms with E-state index in [1.807, 2.05) is 0 Å². The van der Waals surface area contributed by atoms with Crippen LogP contribution in [0.25, 0.3) is 0 Å². The van der Waals surface area contributed by atoms with E-state index in [0.29, 0.717) is 0 Å². The van der Waals surface area contributed by atoms with Crippen LogP contribution in [-0.2, 0) is 18.3 Å². The first-order valence-corrected chi connectivity index (χ1v) is 6.52. The van der Waals surface area contributed by atoms with E-state index >= 15 is 0 Å². The zero-order valence-corrected chi connectivity index (χ0v) is 10.5. The zero-order chi connectivity index (χ0) is 14.4. The van der Waals surface area contributed by atoms with Gasteiger partial charge in [-0.2, -0.15) is 22.0 Å². The first kappa shape index (κ1) is 17.5. The molecule has 0 aliphatic rings. The van der Waals surface area contributed by atoms with Crippen molar-refractivity contribution in [1.29, 1.82) is 0 Å². The Balaban J connectivity index is 4.72.